The summed E-state index contributed by atoms with van der Waals surface area (Å²) in [6.45, 7) is 0.0125. The minimum Gasteiger partial charge on any atom is -0.443 e. The smallest absolute Gasteiger partial charge is 0.426 e. The van der Waals surface area contributed by atoms with Gasteiger partial charge in [-0.05, 0) is 29.8 Å². The molecule has 2 aromatic rings. The molecule has 7 heteroatoms. The normalized spacial score (nSPS) is 9.91. The van der Waals surface area contributed by atoms with Crippen LogP contribution in [0.1, 0.15) is 15.9 Å². The lowest BCUT2D eigenvalue weighted by Gasteiger charge is -2.09. The zero-order valence-electron chi connectivity index (χ0n) is 11.3. The Morgan fingerprint density at radius 1 is 1.05 bits per heavy atom. The van der Waals surface area contributed by atoms with Gasteiger partial charge in [0.25, 0.3) is 5.91 Å². The van der Waals surface area contributed by atoms with E-state index in [0.717, 1.165) is 11.6 Å². The summed E-state index contributed by atoms with van der Waals surface area (Å²) in [6.07, 6.45) is -0.861. The third-order valence-electron chi connectivity index (χ3n) is 2.68. The lowest BCUT2D eigenvalue weighted by Crippen LogP contribution is -2.42. The number of nitrogens with one attached hydrogen (secondary N) is 2. The number of carbonyl (C=O) groups is 2. The van der Waals surface area contributed by atoms with Gasteiger partial charge in [0.15, 0.2) is 0 Å². The van der Waals surface area contributed by atoms with Crippen LogP contribution in [0.5, 0.6) is 0 Å². The van der Waals surface area contributed by atoms with Crippen LogP contribution in [-0.4, -0.2) is 12.0 Å². The summed E-state index contributed by atoms with van der Waals surface area (Å²) in [5, 5.41) is 0.574. The summed E-state index contributed by atoms with van der Waals surface area (Å²) in [4.78, 5) is 23.1. The Kier molecular flexibility index (Phi) is 5.32. The quantitative estimate of drug-likeness (QED) is 0.853. The molecule has 0 aliphatic carbocycles. The molecular weight excluding hydrogens is 311 g/mol. The average Bonchev–Trinajstić information content (AvgIpc) is 2.52. The molecule has 0 heterocycles. The Balaban J connectivity index is 1.79. The summed E-state index contributed by atoms with van der Waals surface area (Å²) in [5.41, 5.74) is 4.65. The molecule has 0 radical (unpaired) electrons. The largest absolute Gasteiger partial charge is 0.443 e. The lowest BCUT2D eigenvalue weighted by atomic mass is 10.2. The molecule has 2 aromatic carbocycles. The molecule has 2 rings (SSSR count). The van der Waals surface area contributed by atoms with Crippen molar-refractivity contribution in [3.05, 3.63) is 70.5 Å². The van der Waals surface area contributed by atoms with Crippen LogP contribution in [0.3, 0.4) is 0 Å². The number of rotatable bonds is 3. The maximum atomic E-state index is 13.4. The Bertz CT molecular complexity index is 677. The van der Waals surface area contributed by atoms with Crippen molar-refractivity contribution in [2.45, 2.75) is 6.61 Å². The number of hydrogen-bond acceptors (Lipinski definition) is 3. The fourth-order valence-electron chi connectivity index (χ4n) is 1.59. The number of amides is 2. The molecule has 22 heavy (non-hydrogen) atoms. The minimum absolute atomic E-state index is 0.0125. The van der Waals surface area contributed by atoms with Gasteiger partial charge in [-0.3, -0.25) is 10.2 Å². The van der Waals surface area contributed by atoms with Gasteiger partial charge in [0.1, 0.15) is 12.4 Å². The number of carbonyl (C=O) groups excluding carboxylic acids is 2. The van der Waals surface area contributed by atoms with Gasteiger partial charge >= 0.3 is 6.09 Å². The highest BCUT2D eigenvalue weighted by Gasteiger charge is 2.11. The summed E-state index contributed by atoms with van der Waals surface area (Å²) in [5.74, 6) is -1.46. The monoisotopic (exact) mass is 322 g/mol. The van der Waals surface area contributed by atoms with Crippen LogP contribution < -0.4 is 10.9 Å². The van der Waals surface area contributed by atoms with E-state index in [1.807, 2.05) is 5.43 Å². The van der Waals surface area contributed by atoms with Gasteiger partial charge in [0.2, 0.25) is 0 Å². The Morgan fingerprint density at radius 3 is 2.41 bits per heavy atom. The molecule has 0 aliphatic rings. The topological polar surface area (TPSA) is 67.4 Å². The first kappa shape index (κ1) is 15.8. The van der Waals surface area contributed by atoms with Crippen molar-refractivity contribution in [3.8, 4) is 0 Å². The number of halogens is 2. The van der Waals surface area contributed by atoms with Crippen LogP contribution >= 0.6 is 11.6 Å². The van der Waals surface area contributed by atoms with E-state index in [4.69, 9.17) is 16.3 Å². The first-order valence-electron chi connectivity index (χ1n) is 6.28. The fourth-order valence-corrected chi connectivity index (χ4v) is 1.71. The van der Waals surface area contributed by atoms with Crippen molar-refractivity contribution in [1.29, 1.82) is 0 Å². The fraction of sp³-hybridized carbons (Fsp3) is 0.0667. The zero-order chi connectivity index (χ0) is 15.9. The maximum absolute atomic E-state index is 13.4. The molecule has 0 saturated carbocycles. The molecule has 0 fully saturated rings. The van der Waals surface area contributed by atoms with Crippen molar-refractivity contribution in [2.24, 2.45) is 0 Å². The van der Waals surface area contributed by atoms with Gasteiger partial charge in [0, 0.05) is 5.02 Å². The summed E-state index contributed by atoms with van der Waals surface area (Å²) < 4.78 is 18.2. The molecule has 2 amide bonds. The minimum atomic E-state index is -0.861. The molecule has 114 valence electrons. The van der Waals surface area contributed by atoms with Crippen LogP contribution in [0, 0.1) is 5.82 Å². The summed E-state index contributed by atoms with van der Waals surface area (Å²) in [6, 6.07) is 12.1. The second kappa shape index (κ2) is 7.42. The molecule has 0 aromatic heterocycles. The zero-order valence-corrected chi connectivity index (χ0v) is 12.1. The van der Waals surface area contributed by atoms with Crippen molar-refractivity contribution in [2.75, 3.05) is 0 Å². The van der Waals surface area contributed by atoms with E-state index < -0.39 is 17.8 Å². The SMILES string of the molecule is O=C(NNC(=O)c1ccccc1F)OCc1ccc(Cl)cc1. The van der Waals surface area contributed by atoms with E-state index in [2.05, 4.69) is 5.43 Å². The highest BCUT2D eigenvalue weighted by atomic mass is 35.5. The number of benzene rings is 2. The molecule has 0 unspecified atom stereocenters. The van der Waals surface area contributed by atoms with Gasteiger partial charge in [-0.2, -0.15) is 0 Å². The molecule has 0 atom stereocenters. The average molecular weight is 323 g/mol. The molecule has 0 saturated heterocycles. The number of hydrogen-bond donors (Lipinski definition) is 2. The van der Waals surface area contributed by atoms with Gasteiger partial charge < -0.3 is 4.74 Å². The predicted molar refractivity (Wildman–Crippen MR) is 78.6 cm³/mol. The molecule has 0 aliphatic heterocycles. The highest BCUT2D eigenvalue weighted by molar-refractivity contribution is 6.30. The second-order valence-electron chi connectivity index (χ2n) is 4.26. The van der Waals surface area contributed by atoms with Gasteiger partial charge in [0.05, 0.1) is 5.56 Å². The third kappa shape index (κ3) is 4.46. The third-order valence-corrected chi connectivity index (χ3v) is 2.93. The van der Waals surface area contributed by atoms with Crippen molar-refractivity contribution < 1.29 is 18.7 Å². The standard InChI is InChI=1S/C15H12ClFN2O3/c16-11-7-5-10(6-8-11)9-22-15(21)19-18-14(20)12-3-1-2-4-13(12)17/h1-8H,9H2,(H,18,20)(H,19,21). The second-order valence-corrected chi connectivity index (χ2v) is 4.70. The van der Waals surface area contributed by atoms with Crippen LogP contribution in [-0.2, 0) is 11.3 Å². The van der Waals surface area contributed by atoms with Crippen LogP contribution in [0.2, 0.25) is 5.02 Å². The molecule has 0 spiro atoms. The molecular formula is C15H12ClFN2O3. The molecule has 2 N–H and O–H groups in total. The first-order chi connectivity index (χ1) is 10.6. The van der Waals surface area contributed by atoms with Crippen molar-refractivity contribution in [3.63, 3.8) is 0 Å². The summed E-state index contributed by atoms with van der Waals surface area (Å²) >= 11 is 5.73. The van der Waals surface area contributed by atoms with Crippen molar-refractivity contribution >= 4 is 23.6 Å². The maximum Gasteiger partial charge on any atom is 0.426 e. The predicted octanol–water partition coefficient (Wildman–Crippen LogP) is 3.05. The van der Waals surface area contributed by atoms with Crippen LogP contribution in [0.4, 0.5) is 9.18 Å². The van der Waals surface area contributed by atoms with Gasteiger partial charge in [-0.15, -0.1) is 0 Å². The van der Waals surface area contributed by atoms with Crippen LogP contribution in [0.15, 0.2) is 48.5 Å². The van der Waals surface area contributed by atoms with E-state index in [1.165, 1.54) is 18.2 Å². The summed E-state index contributed by atoms with van der Waals surface area (Å²) in [7, 11) is 0. The van der Waals surface area contributed by atoms with E-state index in [-0.39, 0.29) is 12.2 Å². The molecule has 5 nitrogen and oxygen atoms in total. The number of ether oxygens (including phenoxy) is 1. The van der Waals surface area contributed by atoms with Gasteiger partial charge in [-0.25, -0.2) is 14.6 Å². The van der Waals surface area contributed by atoms with E-state index in [1.54, 1.807) is 24.3 Å². The first-order valence-corrected chi connectivity index (χ1v) is 6.66. The van der Waals surface area contributed by atoms with Crippen molar-refractivity contribution in [1.82, 2.24) is 10.9 Å². The number of hydrazine groups is 1. The van der Waals surface area contributed by atoms with Gasteiger partial charge in [-0.1, -0.05) is 35.9 Å². The Morgan fingerprint density at radius 2 is 1.73 bits per heavy atom. The Labute approximate surface area is 131 Å². The van der Waals surface area contributed by atoms with E-state index >= 15 is 0 Å². The van der Waals surface area contributed by atoms with E-state index in [9.17, 15) is 14.0 Å². The highest BCUT2D eigenvalue weighted by Crippen LogP contribution is 2.10. The lowest BCUT2D eigenvalue weighted by molar-refractivity contribution is 0.0901. The molecule has 0 bridgehead atoms. The van der Waals surface area contributed by atoms with Crippen LogP contribution in [0.25, 0.3) is 0 Å². The van der Waals surface area contributed by atoms with E-state index in [0.29, 0.717) is 5.02 Å². The Hall–Kier alpha value is -2.60.